The third-order valence-electron chi connectivity index (χ3n) is 3.72. The molecule has 0 aliphatic carbocycles. The Morgan fingerprint density at radius 3 is 2.64 bits per heavy atom. The molecular formula is C17H13N3OS. The van der Waals surface area contributed by atoms with Crippen molar-refractivity contribution in [3.8, 4) is 11.1 Å². The van der Waals surface area contributed by atoms with Gasteiger partial charge in [-0.3, -0.25) is 0 Å². The van der Waals surface area contributed by atoms with Gasteiger partial charge in [0.05, 0.1) is 4.88 Å². The number of aromatic amines is 1. The summed E-state index contributed by atoms with van der Waals surface area (Å²) in [6.45, 7) is 0. The van der Waals surface area contributed by atoms with Crippen LogP contribution in [-0.4, -0.2) is 19.4 Å². The summed E-state index contributed by atoms with van der Waals surface area (Å²) in [4.78, 5) is 8.28. The van der Waals surface area contributed by atoms with Crippen molar-refractivity contribution in [1.29, 1.82) is 0 Å². The van der Waals surface area contributed by atoms with Crippen LogP contribution in [0.2, 0.25) is 0 Å². The number of benzene rings is 1. The van der Waals surface area contributed by atoms with E-state index in [9.17, 15) is 5.11 Å². The van der Waals surface area contributed by atoms with Gasteiger partial charge in [-0.25, -0.2) is 9.36 Å². The van der Waals surface area contributed by atoms with Crippen LogP contribution in [0.25, 0.3) is 22.2 Å². The number of H-pyrrole nitrogens is 1. The molecule has 0 bridgehead atoms. The fourth-order valence-electron chi connectivity index (χ4n) is 2.59. The largest absolute Gasteiger partial charge is 0.383 e. The van der Waals surface area contributed by atoms with Gasteiger partial charge in [0.2, 0.25) is 0 Å². The number of hydrogen-bond acceptors (Lipinski definition) is 4. The molecule has 0 fully saturated rings. The van der Waals surface area contributed by atoms with E-state index in [1.807, 2.05) is 48.7 Å². The van der Waals surface area contributed by atoms with Crippen molar-refractivity contribution < 1.29 is 5.11 Å². The predicted octanol–water partition coefficient (Wildman–Crippen LogP) is 3.77. The maximum Gasteiger partial charge on any atom is 0.137 e. The quantitative estimate of drug-likeness (QED) is 0.605. The molecule has 0 radical (unpaired) electrons. The Morgan fingerprint density at radius 1 is 1.00 bits per heavy atom. The van der Waals surface area contributed by atoms with Gasteiger partial charge in [-0.2, -0.15) is 0 Å². The fraction of sp³-hybridized carbons (Fsp3) is 0.0588. The smallest absolute Gasteiger partial charge is 0.137 e. The Kier molecular flexibility index (Phi) is 3.21. The number of fused-ring (bicyclic) bond motifs is 1. The predicted molar refractivity (Wildman–Crippen MR) is 87.7 cm³/mol. The Bertz CT molecular complexity index is 897. The summed E-state index contributed by atoms with van der Waals surface area (Å²) in [7, 11) is 0. The second kappa shape index (κ2) is 5.36. The van der Waals surface area contributed by atoms with E-state index in [1.54, 1.807) is 12.4 Å². The zero-order valence-corrected chi connectivity index (χ0v) is 12.4. The molecule has 4 nitrogen and oxygen atoms in total. The van der Waals surface area contributed by atoms with E-state index in [0.29, 0.717) is 0 Å². The third-order valence-corrected chi connectivity index (χ3v) is 4.52. The zero-order chi connectivity index (χ0) is 14.9. The molecule has 4 rings (SSSR count). The first-order valence-corrected chi connectivity index (χ1v) is 7.71. The first-order valence-electron chi connectivity index (χ1n) is 6.94. The minimum atomic E-state index is -0.619. The van der Waals surface area contributed by atoms with Crippen LogP contribution in [0.1, 0.15) is 16.5 Å². The van der Waals surface area contributed by atoms with Gasteiger partial charge >= 0.3 is 0 Å². The molecule has 108 valence electrons. The van der Waals surface area contributed by atoms with E-state index >= 15 is 0 Å². The number of aliphatic hydroxyl groups excluding tert-OH is 1. The zero-order valence-electron chi connectivity index (χ0n) is 11.6. The average molecular weight is 307 g/mol. The van der Waals surface area contributed by atoms with Gasteiger partial charge in [0.25, 0.3) is 0 Å². The van der Waals surface area contributed by atoms with Crippen molar-refractivity contribution in [1.82, 2.24) is 14.3 Å². The van der Waals surface area contributed by atoms with Crippen LogP contribution in [-0.2, 0) is 0 Å². The Morgan fingerprint density at radius 2 is 1.86 bits per heavy atom. The van der Waals surface area contributed by atoms with E-state index < -0.39 is 6.10 Å². The highest BCUT2D eigenvalue weighted by Gasteiger charge is 2.12. The van der Waals surface area contributed by atoms with Crippen LogP contribution in [0.5, 0.6) is 0 Å². The van der Waals surface area contributed by atoms with E-state index in [2.05, 4.69) is 14.3 Å². The highest BCUT2D eigenvalue weighted by atomic mass is 32.1. The highest BCUT2D eigenvalue weighted by molar-refractivity contribution is 7.05. The SMILES string of the molecule is OC(c1ccc(-c2ccnc3[nH]ccc23)cc1)c1ccns1. The van der Waals surface area contributed by atoms with Crippen molar-refractivity contribution >= 4 is 22.6 Å². The van der Waals surface area contributed by atoms with E-state index in [-0.39, 0.29) is 0 Å². The van der Waals surface area contributed by atoms with Crippen LogP contribution in [0.4, 0.5) is 0 Å². The number of hydrogen-bond donors (Lipinski definition) is 2. The van der Waals surface area contributed by atoms with E-state index in [1.165, 1.54) is 11.5 Å². The maximum atomic E-state index is 10.3. The molecule has 1 unspecified atom stereocenters. The Labute approximate surface area is 131 Å². The van der Waals surface area contributed by atoms with Crippen LogP contribution < -0.4 is 0 Å². The molecule has 1 atom stereocenters. The second-order valence-corrected chi connectivity index (χ2v) is 5.90. The average Bonchev–Trinajstić information content (AvgIpc) is 3.25. The first kappa shape index (κ1) is 13.2. The molecule has 0 aliphatic heterocycles. The van der Waals surface area contributed by atoms with Crippen molar-refractivity contribution in [2.75, 3.05) is 0 Å². The van der Waals surface area contributed by atoms with Gasteiger partial charge in [0.15, 0.2) is 0 Å². The fourth-order valence-corrected chi connectivity index (χ4v) is 3.19. The lowest BCUT2D eigenvalue weighted by molar-refractivity contribution is 0.224. The number of rotatable bonds is 3. The summed E-state index contributed by atoms with van der Waals surface area (Å²) < 4.78 is 4.03. The molecule has 3 heterocycles. The number of aromatic nitrogens is 3. The summed E-state index contributed by atoms with van der Waals surface area (Å²) in [5.74, 6) is 0. The van der Waals surface area contributed by atoms with Crippen molar-refractivity contribution in [3.63, 3.8) is 0 Å². The molecule has 22 heavy (non-hydrogen) atoms. The molecule has 0 amide bonds. The van der Waals surface area contributed by atoms with Gasteiger partial charge in [-0.05, 0) is 46.4 Å². The third kappa shape index (κ3) is 2.20. The number of nitrogens with one attached hydrogen (secondary N) is 1. The summed E-state index contributed by atoms with van der Waals surface area (Å²) in [5.41, 5.74) is 3.98. The molecule has 5 heteroatoms. The van der Waals surface area contributed by atoms with Gasteiger partial charge in [-0.15, -0.1) is 0 Å². The van der Waals surface area contributed by atoms with Gasteiger partial charge in [0, 0.05) is 24.0 Å². The lowest BCUT2D eigenvalue weighted by atomic mass is 10.0. The van der Waals surface area contributed by atoms with Gasteiger partial charge in [-0.1, -0.05) is 24.3 Å². The van der Waals surface area contributed by atoms with Crippen molar-refractivity contribution in [2.24, 2.45) is 0 Å². The number of pyridine rings is 1. The molecule has 0 saturated carbocycles. The summed E-state index contributed by atoms with van der Waals surface area (Å²) in [6.07, 6.45) is 4.78. The van der Waals surface area contributed by atoms with Crippen LogP contribution in [0.15, 0.2) is 61.1 Å². The van der Waals surface area contributed by atoms with Crippen LogP contribution in [0.3, 0.4) is 0 Å². The number of aliphatic hydroxyl groups is 1. The monoisotopic (exact) mass is 307 g/mol. The molecule has 1 aromatic carbocycles. The van der Waals surface area contributed by atoms with Crippen LogP contribution >= 0.6 is 11.5 Å². The molecule has 0 saturated heterocycles. The number of nitrogens with zero attached hydrogens (tertiary/aromatic N) is 2. The Hall–Kier alpha value is -2.50. The minimum Gasteiger partial charge on any atom is -0.383 e. The highest BCUT2D eigenvalue weighted by Crippen LogP contribution is 2.30. The Balaban J connectivity index is 1.71. The topological polar surface area (TPSA) is 61.8 Å². The van der Waals surface area contributed by atoms with Gasteiger partial charge in [0.1, 0.15) is 11.8 Å². The van der Waals surface area contributed by atoms with E-state index in [0.717, 1.165) is 32.6 Å². The molecule has 3 aromatic heterocycles. The first-order chi connectivity index (χ1) is 10.8. The molecular weight excluding hydrogens is 294 g/mol. The lowest BCUT2D eigenvalue weighted by Crippen LogP contribution is -1.96. The lowest BCUT2D eigenvalue weighted by Gasteiger charge is -2.10. The normalized spacial score (nSPS) is 12.6. The standard InChI is InChI=1S/C17H13N3OS/c21-16(15-7-10-20-22-15)12-3-1-11(2-4-12)13-5-8-18-17-14(13)6-9-19-17/h1-10,16,21H,(H,18,19). The van der Waals surface area contributed by atoms with Crippen molar-refractivity contribution in [2.45, 2.75) is 6.10 Å². The molecule has 0 aliphatic rings. The summed E-state index contributed by atoms with van der Waals surface area (Å²) in [6, 6.07) is 13.8. The molecule has 0 spiro atoms. The van der Waals surface area contributed by atoms with Gasteiger partial charge < -0.3 is 10.1 Å². The second-order valence-electron chi connectivity index (χ2n) is 5.04. The molecule has 4 aromatic rings. The van der Waals surface area contributed by atoms with Crippen molar-refractivity contribution in [3.05, 3.63) is 71.5 Å². The summed E-state index contributed by atoms with van der Waals surface area (Å²) >= 11 is 1.32. The minimum absolute atomic E-state index is 0.619. The maximum absolute atomic E-state index is 10.3. The molecule has 2 N–H and O–H groups in total. The van der Waals surface area contributed by atoms with Crippen LogP contribution in [0, 0.1) is 0 Å². The van der Waals surface area contributed by atoms with E-state index in [4.69, 9.17) is 0 Å². The summed E-state index contributed by atoms with van der Waals surface area (Å²) in [5, 5.41) is 11.4.